The first kappa shape index (κ1) is 12.2. The lowest BCUT2D eigenvalue weighted by molar-refractivity contribution is 0.141. The van der Waals surface area contributed by atoms with Crippen LogP contribution in [0.4, 0.5) is 0 Å². The van der Waals surface area contributed by atoms with Gasteiger partial charge in [-0.1, -0.05) is 31.9 Å². The lowest BCUT2D eigenvalue weighted by Crippen LogP contribution is -2.39. The third kappa shape index (κ3) is 2.88. The van der Waals surface area contributed by atoms with Gasteiger partial charge in [0.1, 0.15) is 0 Å². The largest absolute Gasteiger partial charge is 0.303 e. The zero-order valence-corrected chi connectivity index (χ0v) is 11.2. The maximum atomic E-state index is 2.70. The molecule has 0 spiro atoms. The normalized spacial score (nSPS) is 37.2. The van der Waals surface area contributed by atoms with E-state index < -0.39 is 0 Å². The number of allylic oxidation sites excluding steroid dienone is 2. The van der Waals surface area contributed by atoms with Crippen LogP contribution in [0, 0.1) is 17.8 Å². The highest BCUT2D eigenvalue weighted by Gasteiger charge is 2.28. The van der Waals surface area contributed by atoms with Crippen molar-refractivity contribution in [2.45, 2.75) is 46.5 Å². The highest BCUT2D eigenvalue weighted by Crippen LogP contribution is 2.34. The minimum atomic E-state index is 0.783. The Morgan fingerprint density at radius 1 is 1.19 bits per heavy atom. The number of hydrogen-bond donors (Lipinski definition) is 0. The number of rotatable bonds is 2. The van der Waals surface area contributed by atoms with Crippen molar-refractivity contribution in [3.05, 3.63) is 11.6 Å². The molecule has 3 unspecified atom stereocenters. The van der Waals surface area contributed by atoms with Gasteiger partial charge in [0, 0.05) is 6.54 Å². The van der Waals surface area contributed by atoms with Gasteiger partial charge < -0.3 is 4.90 Å². The van der Waals surface area contributed by atoms with Crippen molar-refractivity contribution in [1.82, 2.24) is 4.90 Å². The van der Waals surface area contributed by atoms with Crippen LogP contribution < -0.4 is 0 Å². The summed E-state index contributed by atoms with van der Waals surface area (Å²) in [6.45, 7) is 11.2. The van der Waals surface area contributed by atoms with Crippen molar-refractivity contribution in [2.24, 2.45) is 17.8 Å². The van der Waals surface area contributed by atoms with Crippen LogP contribution in [-0.2, 0) is 0 Å². The molecule has 0 aromatic heterocycles. The summed E-state index contributed by atoms with van der Waals surface area (Å²) in [5, 5.41) is 0. The fraction of sp³-hybridized carbons (Fsp3) is 0.867. The molecule has 0 saturated carbocycles. The molecule has 1 heterocycles. The Labute approximate surface area is 101 Å². The smallest absolute Gasteiger partial charge is 0.00178 e. The summed E-state index contributed by atoms with van der Waals surface area (Å²) < 4.78 is 0. The molecule has 1 aliphatic heterocycles. The van der Waals surface area contributed by atoms with Crippen molar-refractivity contribution in [1.29, 1.82) is 0 Å². The number of piperidine rings is 1. The number of nitrogens with zero attached hydrogens (tertiary/aromatic N) is 1. The van der Waals surface area contributed by atoms with Crippen LogP contribution in [-0.4, -0.2) is 24.5 Å². The monoisotopic (exact) mass is 221 g/mol. The third-order valence-corrected chi connectivity index (χ3v) is 4.52. The molecule has 0 bridgehead atoms. The van der Waals surface area contributed by atoms with E-state index in [1.54, 1.807) is 5.57 Å². The molecule has 1 fully saturated rings. The average Bonchev–Trinajstić information content (AvgIpc) is 2.25. The molecule has 1 aliphatic carbocycles. The van der Waals surface area contributed by atoms with E-state index in [1.807, 2.05) is 0 Å². The maximum Gasteiger partial charge on any atom is 0.00178 e. The van der Waals surface area contributed by atoms with Gasteiger partial charge in [-0.15, -0.1) is 0 Å². The predicted molar refractivity (Wildman–Crippen MR) is 70.5 cm³/mol. The molecule has 1 nitrogen and oxygen atoms in total. The Bertz CT molecular complexity index is 250. The molecule has 16 heavy (non-hydrogen) atoms. The molecule has 2 aliphatic rings. The zero-order valence-electron chi connectivity index (χ0n) is 11.2. The van der Waals surface area contributed by atoms with E-state index in [9.17, 15) is 0 Å². The molecule has 0 radical (unpaired) electrons. The lowest BCUT2D eigenvalue weighted by Gasteiger charge is -2.38. The summed E-state index contributed by atoms with van der Waals surface area (Å²) in [6.07, 6.45) is 8.12. The van der Waals surface area contributed by atoms with Crippen molar-refractivity contribution < 1.29 is 0 Å². The highest BCUT2D eigenvalue weighted by atomic mass is 15.1. The third-order valence-electron chi connectivity index (χ3n) is 4.52. The molecular formula is C15H27N. The standard InChI is InChI=1S/C15H27N/c1-12-9-13(2)15(14(3)10-12)11-16-7-5-4-6-8-16/h9,13-15H,4-8,10-11H2,1-3H3. The molecule has 2 rings (SSSR count). The molecule has 1 saturated heterocycles. The van der Waals surface area contributed by atoms with Gasteiger partial charge in [-0.3, -0.25) is 0 Å². The van der Waals surface area contributed by atoms with Crippen molar-refractivity contribution in [3.63, 3.8) is 0 Å². The van der Waals surface area contributed by atoms with Crippen LogP contribution in [0.2, 0.25) is 0 Å². The lowest BCUT2D eigenvalue weighted by atomic mass is 9.74. The van der Waals surface area contributed by atoms with Crippen LogP contribution in [0.15, 0.2) is 11.6 Å². The summed E-state index contributed by atoms with van der Waals surface area (Å²) in [7, 11) is 0. The summed E-state index contributed by atoms with van der Waals surface area (Å²) >= 11 is 0. The van der Waals surface area contributed by atoms with Gasteiger partial charge in [0.25, 0.3) is 0 Å². The maximum absolute atomic E-state index is 2.70. The number of hydrogen-bond acceptors (Lipinski definition) is 1. The molecular weight excluding hydrogens is 194 g/mol. The summed E-state index contributed by atoms with van der Waals surface area (Å²) in [5.74, 6) is 2.55. The fourth-order valence-electron chi connectivity index (χ4n) is 3.60. The fourth-order valence-corrected chi connectivity index (χ4v) is 3.60. The van der Waals surface area contributed by atoms with E-state index in [0.29, 0.717) is 0 Å². The molecule has 0 aromatic carbocycles. The van der Waals surface area contributed by atoms with E-state index in [4.69, 9.17) is 0 Å². The Balaban J connectivity index is 1.92. The van der Waals surface area contributed by atoms with E-state index >= 15 is 0 Å². The van der Waals surface area contributed by atoms with Gasteiger partial charge in [-0.2, -0.15) is 0 Å². The molecule has 0 aromatic rings. The highest BCUT2D eigenvalue weighted by molar-refractivity contribution is 5.08. The minimum absolute atomic E-state index is 0.783. The van der Waals surface area contributed by atoms with Gasteiger partial charge in [0.2, 0.25) is 0 Å². The molecule has 92 valence electrons. The molecule has 0 amide bonds. The van der Waals surface area contributed by atoms with Crippen molar-refractivity contribution in [2.75, 3.05) is 19.6 Å². The van der Waals surface area contributed by atoms with Gasteiger partial charge in [-0.25, -0.2) is 0 Å². The molecule has 3 atom stereocenters. The quantitative estimate of drug-likeness (QED) is 0.643. The van der Waals surface area contributed by atoms with Gasteiger partial charge in [-0.05, 0) is 57.0 Å². The van der Waals surface area contributed by atoms with Crippen LogP contribution in [0.25, 0.3) is 0 Å². The topological polar surface area (TPSA) is 3.24 Å². The van der Waals surface area contributed by atoms with Crippen LogP contribution in [0.5, 0.6) is 0 Å². The average molecular weight is 221 g/mol. The number of likely N-dealkylation sites (tertiary alicyclic amines) is 1. The zero-order chi connectivity index (χ0) is 11.5. The first-order valence-electron chi connectivity index (χ1n) is 7.06. The predicted octanol–water partition coefficient (Wildman–Crippen LogP) is 3.71. The van der Waals surface area contributed by atoms with E-state index in [2.05, 4.69) is 31.7 Å². The Kier molecular flexibility index (Phi) is 4.07. The minimum Gasteiger partial charge on any atom is -0.303 e. The van der Waals surface area contributed by atoms with Crippen LogP contribution in [0.1, 0.15) is 46.5 Å². The summed E-state index contributed by atoms with van der Waals surface area (Å²) in [4.78, 5) is 2.70. The van der Waals surface area contributed by atoms with Crippen molar-refractivity contribution >= 4 is 0 Å². The Morgan fingerprint density at radius 2 is 1.88 bits per heavy atom. The second kappa shape index (κ2) is 5.35. The summed E-state index contributed by atoms with van der Waals surface area (Å²) in [6, 6.07) is 0. The van der Waals surface area contributed by atoms with Crippen LogP contribution >= 0.6 is 0 Å². The van der Waals surface area contributed by atoms with Gasteiger partial charge in [0.15, 0.2) is 0 Å². The Morgan fingerprint density at radius 3 is 2.50 bits per heavy atom. The second-order valence-electron chi connectivity index (χ2n) is 6.08. The van der Waals surface area contributed by atoms with Crippen LogP contribution in [0.3, 0.4) is 0 Å². The van der Waals surface area contributed by atoms with Gasteiger partial charge in [0.05, 0.1) is 0 Å². The first-order chi connectivity index (χ1) is 7.66. The van der Waals surface area contributed by atoms with E-state index in [-0.39, 0.29) is 0 Å². The molecule has 1 heteroatoms. The summed E-state index contributed by atoms with van der Waals surface area (Å²) in [5.41, 5.74) is 1.61. The van der Waals surface area contributed by atoms with Crippen molar-refractivity contribution in [3.8, 4) is 0 Å². The van der Waals surface area contributed by atoms with E-state index in [1.165, 1.54) is 45.3 Å². The SMILES string of the molecule is CC1=CC(C)C(CN2CCCCC2)C(C)C1. The van der Waals surface area contributed by atoms with E-state index in [0.717, 1.165) is 17.8 Å². The Hall–Kier alpha value is -0.300. The van der Waals surface area contributed by atoms with Gasteiger partial charge >= 0.3 is 0 Å². The second-order valence-corrected chi connectivity index (χ2v) is 6.08. The first-order valence-corrected chi connectivity index (χ1v) is 7.06. The molecule has 0 N–H and O–H groups in total.